The van der Waals surface area contributed by atoms with Gasteiger partial charge in [0.15, 0.2) is 11.9 Å². The monoisotopic (exact) mass is 350 g/mol. The summed E-state index contributed by atoms with van der Waals surface area (Å²) in [6, 6.07) is 18.3. The van der Waals surface area contributed by atoms with Crippen molar-refractivity contribution in [2.75, 3.05) is 5.32 Å². The summed E-state index contributed by atoms with van der Waals surface area (Å²) in [6.07, 6.45) is 0.690. The van der Waals surface area contributed by atoms with Crippen LogP contribution in [0.3, 0.4) is 0 Å². The molecule has 3 aromatic rings. The molecule has 1 aliphatic heterocycles. The van der Waals surface area contributed by atoms with E-state index in [9.17, 15) is 0 Å². The van der Waals surface area contributed by atoms with Gasteiger partial charge in [-0.2, -0.15) is 4.98 Å². The van der Waals surface area contributed by atoms with Crippen molar-refractivity contribution in [2.24, 2.45) is 0 Å². The van der Waals surface area contributed by atoms with Crippen LogP contribution in [0.1, 0.15) is 18.9 Å². The minimum absolute atomic E-state index is 0.133. The van der Waals surface area contributed by atoms with Gasteiger partial charge in [-0.15, -0.1) is 10.2 Å². The van der Waals surface area contributed by atoms with Gasteiger partial charge in [0.05, 0.1) is 0 Å². The summed E-state index contributed by atoms with van der Waals surface area (Å²) in [5, 5.41) is 12.7. The molecule has 2 heterocycles. The van der Waals surface area contributed by atoms with Crippen LogP contribution in [0.4, 0.5) is 5.69 Å². The minimum Gasteiger partial charge on any atom is -0.452 e. The third-order valence-corrected chi connectivity index (χ3v) is 4.88. The van der Waals surface area contributed by atoms with E-state index >= 15 is 0 Å². The summed E-state index contributed by atoms with van der Waals surface area (Å²) in [4.78, 5) is 4.61. The number of ether oxygens (including phenoxy) is 1. The maximum atomic E-state index is 6.04. The predicted octanol–water partition coefficient (Wildman–Crippen LogP) is 4.37. The van der Waals surface area contributed by atoms with Crippen molar-refractivity contribution in [2.45, 2.75) is 30.5 Å². The Morgan fingerprint density at radius 2 is 1.84 bits per heavy atom. The Morgan fingerprint density at radius 3 is 2.68 bits per heavy atom. The van der Waals surface area contributed by atoms with Gasteiger partial charge < -0.3 is 10.1 Å². The molecule has 1 N–H and O–H groups in total. The lowest BCUT2D eigenvalue weighted by molar-refractivity contribution is 0.216. The van der Waals surface area contributed by atoms with Crippen LogP contribution in [0.5, 0.6) is 5.88 Å². The number of hydrogen-bond donors (Lipinski definition) is 1. The number of para-hydroxylation sites is 1. The van der Waals surface area contributed by atoms with Crippen LogP contribution in [0.15, 0.2) is 59.8 Å². The second-order valence-electron chi connectivity index (χ2n) is 5.73. The van der Waals surface area contributed by atoms with E-state index in [1.165, 1.54) is 5.56 Å². The first-order valence-corrected chi connectivity index (χ1v) is 9.26. The van der Waals surface area contributed by atoms with Gasteiger partial charge >= 0.3 is 0 Å². The largest absolute Gasteiger partial charge is 0.452 e. The molecular formula is C19H18N4OS. The average Bonchev–Trinajstić information content (AvgIpc) is 2.83. The summed E-state index contributed by atoms with van der Waals surface area (Å²) in [6.45, 7) is 2.07. The van der Waals surface area contributed by atoms with Crippen molar-refractivity contribution in [3.8, 4) is 17.1 Å². The molecule has 0 saturated heterocycles. The molecule has 0 bridgehead atoms. The molecule has 0 spiro atoms. The highest BCUT2D eigenvalue weighted by Gasteiger charge is 2.23. The van der Waals surface area contributed by atoms with Gasteiger partial charge in [-0.05, 0) is 11.6 Å². The number of nitrogens with one attached hydrogen (secondary N) is 1. The fourth-order valence-corrected chi connectivity index (χ4v) is 3.40. The molecular weight excluding hydrogens is 332 g/mol. The van der Waals surface area contributed by atoms with E-state index in [0.717, 1.165) is 23.4 Å². The summed E-state index contributed by atoms with van der Waals surface area (Å²) >= 11 is 1.56. The molecule has 4 rings (SSSR count). The Kier molecular flexibility index (Phi) is 4.52. The number of thioether (sulfide) groups is 1. The quantitative estimate of drug-likeness (QED) is 0.705. The van der Waals surface area contributed by atoms with Crippen LogP contribution in [0.25, 0.3) is 11.3 Å². The van der Waals surface area contributed by atoms with Gasteiger partial charge in [-0.3, -0.25) is 0 Å². The normalized spacial score (nSPS) is 15.3. The van der Waals surface area contributed by atoms with E-state index in [1.807, 2.05) is 42.5 Å². The molecule has 0 saturated carbocycles. The number of anilines is 1. The third kappa shape index (κ3) is 3.44. The van der Waals surface area contributed by atoms with E-state index in [4.69, 9.17) is 4.74 Å². The van der Waals surface area contributed by atoms with Gasteiger partial charge in [-0.1, -0.05) is 67.2 Å². The Labute approximate surface area is 150 Å². The number of rotatable bonds is 4. The first-order chi connectivity index (χ1) is 12.3. The van der Waals surface area contributed by atoms with Crippen LogP contribution in [-0.4, -0.2) is 21.4 Å². The molecule has 5 nitrogen and oxygen atoms in total. The lowest BCUT2D eigenvalue weighted by atomic mass is 10.1. The highest BCUT2D eigenvalue weighted by molar-refractivity contribution is 7.98. The third-order valence-electron chi connectivity index (χ3n) is 3.97. The van der Waals surface area contributed by atoms with Crippen molar-refractivity contribution in [3.05, 3.63) is 60.2 Å². The van der Waals surface area contributed by atoms with Crippen molar-refractivity contribution in [1.82, 2.24) is 15.2 Å². The summed E-state index contributed by atoms with van der Waals surface area (Å²) in [7, 11) is 0. The summed E-state index contributed by atoms with van der Waals surface area (Å²) < 4.78 is 6.04. The molecule has 0 amide bonds. The number of fused-ring (bicyclic) bond motifs is 3. The lowest BCUT2D eigenvalue weighted by Gasteiger charge is -2.16. The molecule has 0 fully saturated rings. The fourth-order valence-electron chi connectivity index (χ4n) is 2.67. The lowest BCUT2D eigenvalue weighted by Crippen LogP contribution is -2.24. The smallest absolute Gasteiger partial charge is 0.247 e. The number of aromatic nitrogens is 3. The van der Waals surface area contributed by atoms with Crippen LogP contribution in [0.2, 0.25) is 0 Å². The maximum Gasteiger partial charge on any atom is 0.247 e. The van der Waals surface area contributed by atoms with E-state index in [2.05, 4.69) is 39.6 Å². The van der Waals surface area contributed by atoms with E-state index in [0.29, 0.717) is 16.7 Å². The number of benzene rings is 2. The second kappa shape index (κ2) is 7.11. The Bertz CT molecular complexity index is 872. The molecule has 1 atom stereocenters. The fraction of sp³-hybridized carbons (Fsp3) is 0.211. The molecule has 6 heteroatoms. The topological polar surface area (TPSA) is 59.9 Å². The van der Waals surface area contributed by atoms with Crippen molar-refractivity contribution < 1.29 is 4.74 Å². The standard InChI is InChI=1S/C19H18N4OS/c1-2-16-20-15-11-7-6-10-14(15)17-18(24-16)21-19(23-22-17)25-12-13-8-4-3-5-9-13/h3-11,16,20H,2,12H2,1H3/t16-/m1/s1. The molecule has 126 valence electrons. The Balaban J connectivity index is 1.64. The maximum absolute atomic E-state index is 6.04. The van der Waals surface area contributed by atoms with E-state index in [-0.39, 0.29) is 6.23 Å². The zero-order valence-corrected chi connectivity index (χ0v) is 14.7. The molecule has 1 aliphatic rings. The molecule has 2 aromatic carbocycles. The number of nitrogens with zero attached hydrogens (tertiary/aromatic N) is 3. The molecule has 0 radical (unpaired) electrons. The SMILES string of the molecule is CC[C@@H]1Nc2ccccc2-c2nnc(SCc3ccccc3)nc2O1. The van der Waals surface area contributed by atoms with Crippen LogP contribution in [-0.2, 0) is 5.75 Å². The van der Waals surface area contributed by atoms with Crippen LogP contribution in [0, 0.1) is 0 Å². The van der Waals surface area contributed by atoms with Gasteiger partial charge in [-0.25, -0.2) is 0 Å². The van der Waals surface area contributed by atoms with Gasteiger partial charge in [0.25, 0.3) is 0 Å². The van der Waals surface area contributed by atoms with Crippen molar-refractivity contribution in [3.63, 3.8) is 0 Å². The molecule has 0 aliphatic carbocycles. The Morgan fingerprint density at radius 1 is 1.04 bits per heavy atom. The zero-order chi connectivity index (χ0) is 17.1. The molecule has 0 unspecified atom stereocenters. The summed E-state index contributed by atoms with van der Waals surface area (Å²) in [5.74, 6) is 1.34. The van der Waals surface area contributed by atoms with E-state index in [1.54, 1.807) is 11.8 Å². The van der Waals surface area contributed by atoms with Crippen LogP contribution >= 0.6 is 11.8 Å². The van der Waals surface area contributed by atoms with E-state index < -0.39 is 0 Å². The van der Waals surface area contributed by atoms with Gasteiger partial charge in [0.2, 0.25) is 11.0 Å². The Hall–Kier alpha value is -2.60. The molecule has 1 aromatic heterocycles. The van der Waals surface area contributed by atoms with Gasteiger partial charge in [0.1, 0.15) is 0 Å². The number of hydrogen-bond acceptors (Lipinski definition) is 6. The van der Waals surface area contributed by atoms with Gasteiger partial charge in [0, 0.05) is 23.4 Å². The first-order valence-electron chi connectivity index (χ1n) is 8.27. The van der Waals surface area contributed by atoms with Crippen molar-refractivity contribution >= 4 is 17.4 Å². The highest BCUT2D eigenvalue weighted by Crippen LogP contribution is 2.36. The second-order valence-corrected chi connectivity index (χ2v) is 6.67. The minimum atomic E-state index is -0.133. The summed E-state index contributed by atoms with van der Waals surface area (Å²) in [5.41, 5.74) is 3.87. The zero-order valence-electron chi connectivity index (χ0n) is 13.8. The van der Waals surface area contributed by atoms with Crippen LogP contribution < -0.4 is 10.1 Å². The predicted molar refractivity (Wildman–Crippen MR) is 99.6 cm³/mol. The highest BCUT2D eigenvalue weighted by atomic mass is 32.2. The van der Waals surface area contributed by atoms with Crippen molar-refractivity contribution in [1.29, 1.82) is 0 Å². The first kappa shape index (κ1) is 15.9. The molecule has 25 heavy (non-hydrogen) atoms. The average molecular weight is 350 g/mol.